The zero-order valence-electron chi connectivity index (χ0n) is 13.1. The van der Waals surface area contributed by atoms with E-state index in [0.29, 0.717) is 10.7 Å². The minimum atomic E-state index is -0.463. The molecule has 0 saturated heterocycles. The first-order valence-corrected chi connectivity index (χ1v) is 8.91. The van der Waals surface area contributed by atoms with Crippen LogP contribution >= 0.6 is 27.7 Å². The SMILES string of the molecule is Cc1ccc(Sc2ncnc(Nc3ccccc3Br)c2[N+](=O)[O-])cc1. The third-order valence-corrected chi connectivity index (χ3v) is 5.03. The lowest BCUT2D eigenvalue weighted by molar-refractivity contribution is -0.387. The van der Waals surface area contributed by atoms with E-state index in [-0.39, 0.29) is 11.5 Å². The fourth-order valence-electron chi connectivity index (χ4n) is 2.10. The number of aryl methyl sites for hydroxylation is 1. The summed E-state index contributed by atoms with van der Waals surface area (Å²) in [7, 11) is 0. The second kappa shape index (κ2) is 7.62. The van der Waals surface area contributed by atoms with E-state index in [9.17, 15) is 10.1 Å². The van der Waals surface area contributed by atoms with Gasteiger partial charge in [0, 0.05) is 9.37 Å². The standard InChI is InChI=1S/C17H13BrN4O2S/c1-11-6-8-12(9-7-11)25-17-15(22(23)24)16(19-10-20-17)21-14-5-3-2-4-13(14)18/h2-10H,1H3,(H,19,20,21). The van der Waals surface area contributed by atoms with Crippen LogP contribution in [0, 0.1) is 17.0 Å². The molecule has 25 heavy (non-hydrogen) atoms. The van der Waals surface area contributed by atoms with Gasteiger partial charge in [-0.1, -0.05) is 41.6 Å². The van der Waals surface area contributed by atoms with Gasteiger partial charge < -0.3 is 5.32 Å². The monoisotopic (exact) mass is 416 g/mol. The normalized spacial score (nSPS) is 10.5. The van der Waals surface area contributed by atoms with Crippen molar-refractivity contribution in [3.63, 3.8) is 0 Å². The van der Waals surface area contributed by atoms with Crippen LogP contribution in [-0.4, -0.2) is 14.9 Å². The molecule has 1 aromatic heterocycles. The number of rotatable bonds is 5. The molecule has 0 unspecified atom stereocenters. The molecule has 3 aromatic rings. The highest BCUT2D eigenvalue weighted by Crippen LogP contribution is 2.38. The average molecular weight is 417 g/mol. The first-order chi connectivity index (χ1) is 12.0. The molecule has 3 rings (SSSR count). The molecule has 126 valence electrons. The van der Waals surface area contributed by atoms with Crippen molar-refractivity contribution < 1.29 is 4.92 Å². The van der Waals surface area contributed by atoms with Crippen molar-refractivity contribution in [1.29, 1.82) is 0 Å². The van der Waals surface area contributed by atoms with Crippen molar-refractivity contribution in [3.8, 4) is 0 Å². The molecule has 6 nitrogen and oxygen atoms in total. The topological polar surface area (TPSA) is 81.0 Å². The van der Waals surface area contributed by atoms with Gasteiger partial charge in [0.2, 0.25) is 5.82 Å². The number of hydrogen-bond donors (Lipinski definition) is 1. The first kappa shape index (κ1) is 17.4. The van der Waals surface area contributed by atoms with E-state index >= 15 is 0 Å². The van der Waals surface area contributed by atoms with E-state index in [0.717, 1.165) is 14.9 Å². The molecule has 0 fully saturated rings. The summed E-state index contributed by atoms with van der Waals surface area (Å²) in [5, 5.41) is 14.9. The summed E-state index contributed by atoms with van der Waals surface area (Å²) in [6, 6.07) is 15.1. The molecule has 1 N–H and O–H groups in total. The third kappa shape index (κ3) is 4.15. The molecule has 1 heterocycles. The van der Waals surface area contributed by atoms with Crippen LogP contribution in [0.15, 0.2) is 69.3 Å². The number of nitrogens with zero attached hydrogens (tertiary/aromatic N) is 3. The van der Waals surface area contributed by atoms with Gasteiger partial charge in [-0.15, -0.1) is 0 Å². The van der Waals surface area contributed by atoms with Crippen LogP contribution in [0.5, 0.6) is 0 Å². The Bertz CT molecular complexity index is 919. The van der Waals surface area contributed by atoms with Gasteiger partial charge in [-0.3, -0.25) is 10.1 Å². The van der Waals surface area contributed by atoms with Crippen LogP contribution in [0.1, 0.15) is 5.56 Å². The van der Waals surface area contributed by atoms with Crippen LogP contribution in [0.2, 0.25) is 0 Å². The fourth-order valence-corrected chi connectivity index (χ4v) is 3.35. The Morgan fingerprint density at radius 1 is 1.12 bits per heavy atom. The van der Waals surface area contributed by atoms with Gasteiger partial charge in [0.25, 0.3) is 0 Å². The highest BCUT2D eigenvalue weighted by atomic mass is 79.9. The third-order valence-electron chi connectivity index (χ3n) is 3.33. The highest BCUT2D eigenvalue weighted by molar-refractivity contribution is 9.10. The predicted octanol–water partition coefficient (Wildman–Crippen LogP) is 5.35. The smallest absolute Gasteiger partial charge is 0.333 e. The van der Waals surface area contributed by atoms with Gasteiger partial charge in [-0.05, 0) is 47.1 Å². The molecular weight excluding hydrogens is 404 g/mol. The number of anilines is 2. The predicted molar refractivity (Wildman–Crippen MR) is 101 cm³/mol. The molecule has 2 aromatic carbocycles. The van der Waals surface area contributed by atoms with E-state index in [1.54, 1.807) is 0 Å². The summed E-state index contributed by atoms with van der Waals surface area (Å²) < 4.78 is 0.788. The van der Waals surface area contributed by atoms with Gasteiger partial charge in [0.15, 0.2) is 5.03 Å². The minimum absolute atomic E-state index is 0.149. The van der Waals surface area contributed by atoms with Crippen molar-refractivity contribution in [1.82, 2.24) is 9.97 Å². The maximum absolute atomic E-state index is 11.6. The molecule has 0 bridgehead atoms. The lowest BCUT2D eigenvalue weighted by atomic mass is 10.2. The highest BCUT2D eigenvalue weighted by Gasteiger charge is 2.24. The van der Waals surface area contributed by atoms with Crippen LogP contribution in [0.3, 0.4) is 0 Å². The summed E-state index contributed by atoms with van der Waals surface area (Å²) >= 11 is 4.65. The second-order valence-electron chi connectivity index (χ2n) is 5.15. The Morgan fingerprint density at radius 3 is 2.52 bits per heavy atom. The van der Waals surface area contributed by atoms with Crippen molar-refractivity contribution in [2.45, 2.75) is 16.8 Å². The van der Waals surface area contributed by atoms with Gasteiger partial charge in [0.1, 0.15) is 6.33 Å². The van der Waals surface area contributed by atoms with Crippen molar-refractivity contribution in [2.75, 3.05) is 5.32 Å². The Hall–Kier alpha value is -2.45. The average Bonchev–Trinajstić information content (AvgIpc) is 2.59. The zero-order valence-corrected chi connectivity index (χ0v) is 15.5. The van der Waals surface area contributed by atoms with Gasteiger partial charge in [-0.2, -0.15) is 0 Å². The van der Waals surface area contributed by atoms with E-state index in [1.807, 2.05) is 55.5 Å². The summed E-state index contributed by atoms with van der Waals surface area (Å²) in [6.45, 7) is 1.99. The Labute approximate surface area is 157 Å². The maximum Gasteiger partial charge on any atom is 0.343 e. The molecule has 8 heteroatoms. The maximum atomic E-state index is 11.6. The molecule has 0 radical (unpaired) electrons. The lowest BCUT2D eigenvalue weighted by Crippen LogP contribution is -2.03. The van der Waals surface area contributed by atoms with Gasteiger partial charge in [0.05, 0.1) is 10.6 Å². The number of benzene rings is 2. The fraction of sp³-hybridized carbons (Fsp3) is 0.0588. The molecule has 0 spiro atoms. The molecule has 0 aliphatic heterocycles. The van der Waals surface area contributed by atoms with E-state index in [4.69, 9.17) is 0 Å². The number of nitrogens with one attached hydrogen (secondary N) is 1. The number of para-hydroxylation sites is 1. The molecule has 0 aliphatic rings. The summed E-state index contributed by atoms with van der Waals surface area (Å²) in [6.07, 6.45) is 1.32. The Balaban J connectivity index is 1.98. The number of aromatic nitrogens is 2. The molecule has 0 atom stereocenters. The summed E-state index contributed by atoms with van der Waals surface area (Å²) in [5.41, 5.74) is 1.66. The first-order valence-electron chi connectivity index (χ1n) is 7.30. The molecule has 0 amide bonds. The molecule has 0 saturated carbocycles. The number of nitro groups is 1. The van der Waals surface area contributed by atoms with Gasteiger partial charge >= 0.3 is 5.69 Å². The molecular formula is C17H13BrN4O2S. The quantitative estimate of drug-likeness (QED) is 0.342. The van der Waals surface area contributed by atoms with E-state index in [1.165, 1.54) is 18.1 Å². The van der Waals surface area contributed by atoms with Crippen molar-refractivity contribution in [3.05, 3.63) is 75.0 Å². The number of hydrogen-bond acceptors (Lipinski definition) is 6. The van der Waals surface area contributed by atoms with Crippen LogP contribution in [0.25, 0.3) is 0 Å². The summed E-state index contributed by atoms with van der Waals surface area (Å²) in [5.74, 6) is 0.154. The Morgan fingerprint density at radius 2 is 1.84 bits per heavy atom. The van der Waals surface area contributed by atoms with Crippen LogP contribution in [-0.2, 0) is 0 Å². The Kier molecular flexibility index (Phi) is 5.30. The second-order valence-corrected chi connectivity index (χ2v) is 7.07. The largest absolute Gasteiger partial charge is 0.343 e. The van der Waals surface area contributed by atoms with Crippen molar-refractivity contribution >= 4 is 44.9 Å². The van der Waals surface area contributed by atoms with Gasteiger partial charge in [-0.25, -0.2) is 9.97 Å². The lowest BCUT2D eigenvalue weighted by Gasteiger charge is -2.09. The minimum Gasteiger partial charge on any atom is -0.333 e. The van der Waals surface area contributed by atoms with Crippen molar-refractivity contribution in [2.24, 2.45) is 0 Å². The zero-order chi connectivity index (χ0) is 17.8. The summed E-state index contributed by atoms with van der Waals surface area (Å²) in [4.78, 5) is 20.2. The van der Waals surface area contributed by atoms with E-state index < -0.39 is 4.92 Å². The number of halogens is 1. The molecule has 0 aliphatic carbocycles. The van der Waals surface area contributed by atoms with E-state index in [2.05, 4.69) is 31.2 Å². The van der Waals surface area contributed by atoms with Crippen LogP contribution in [0.4, 0.5) is 17.2 Å². The van der Waals surface area contributed by atoms with Crippen LogP contribution < -0.4 is 5.32 Å².